The lowest BCUT2D eigenvalue weighted by Gasteiger charge is -2.38. The van der Waals surface area contributed by atoms with Gasteiger partial charge in [0, 0.05) is 38.3 Å². The summed E-state index contributed by atoms with van der Waals surface area (Å²) in [5.41, 5.74) is 2.93. The molecule has 1 aliphatic rings. The van der Waals surface area contributed by atoms with Crippen molar-refractivity contribution in [2.75, 3.05) is 31.8 Å². The van der Waals surface area contributed by atoms with E-state index in [1.807, 2.05) is 37.4 Å². The lowest BCUT2D eigenvalue weighted by molar-refractivity contribution is 0.0589. The fourth-order valence-electron chi connectivity index (χ4n) is 5.78. The Kier molecular flexibility index (Phi) is 9.96. The summed E-state index contributed by atoms with van der Waals surface area (Å²) in [5, 5.41) is -0.196. The van der Waals surface area contributed by atoms with Gasteiger partial charge in [-0.3, -0.25) is 9.10 Å². The molecule has 13 heteroatoms. The smallest absolute Gasteiger partial charge is 0.266 e. The second kappa shape index (κ2) is 13.4. The number of carbonyl (C=O) groups excluding carboxylic acids is 1. The summed E-state index contributed by atoms with van der Waals surface area (Å²) < 4.78 is 61.9. The van der Waals surface area contributed by atoms with Crippen LogP contribution >= 0.6 is 34.7 Å². The van der Waals surface area contributed by atoms with E-state index in [1.54, 1.807) is 28.6 Å². The molecule has 1 heterocycles. The molecule has 45 heavy (non-hydrogen) atoms. The molecule has 7 nitrogen and oxygen atoms in total. The van der Waals surface area contributed by atoms with Gasteiger partial charge in [-0.05, 0) is 85.0 Å². The van der Waals surface area contributed by atoms with Crippen LogP contribution in [0.25, 0.3) is 21.2 Å². The van der Waals surface area contributed by atoms with Crippen molar-refractivity contribution >= 4 is 66.4 Å². The van der Waals surface area contributed by atoms with E-state index in [0.29, 0.717) is 24.3 Å². The Labute approximate surface area is 276 Å². The van der Waals surface area contributed by atoms with E-state index in [-0.39, 0.29) is 38.6 Å². The van der Waals surface area contributed by atoms with Gasteiger partial charge < -0.3 is 9.64 Å². The molecule has 5 rings (SSSR count). The van der Waals surface area contributed by atoms with Gasteiger partial charge >= 0.3 is 0 Å². The number of amides is 1. The van der Waals surface area contributed by atoms with Crippen LogP contribution in [-0.2, 0) is 16.6 Å². The fourth-order valence-corrected chi connectivity index (χ4v) is 7.98. The highest BCUT2D eigenvalue weighted by atomic mass is 35.5. The van der Waals surface area contributed by atoms with E-state index >= 15 is 0 Å². The number of methoxy groups -OCH3 is 1. The van der Waals surface area contributed by atoms with Gasteiger partial charge in [-0.15, -0.1) is 11.3 Å². The lowest BCUT2D eigenvalue weighted by atomic mass is 9.89. The van der Waals surface area contributed by atoms with Crippen LogP contribution in [0.1, 0.15) is 40.9 Å². The van der Waals surface area contributed by atoms with Gasteiger partial charge in [-0.25, -0.2) is 21.6 Å². The molecule has 0 spiro atoms. The van der Waals surface area contributed by atoms with Crippen LogP contribution in [-0.4, -0.2) is 63.2 Å². The molecular weight excluding hydrogens is 663 g/mol. The first-order valence-corrected chi connectivity index (χ1v) is 17.6. The number of benzene rings is 3. The molecule has 0 aliphatic heterocycles. The number of halogens is 4. The number of anilines is 1. The summed E-state index contributed by atoms with van der Waals surface area (Å²) in [7, 11) is 1.45. The number of fused-ring (bicyclic) bond motifs is 1. The predicted octanol–water partition coefficient (Wildman–Crippen LogP) is 7.94. The number of rotatable bonds is 9. The Hall–Kier alpha value is -2.96. The molecule has 0 saturated heterocycles. The van der Waals surface area contributed by atoms with Gasteiger partial charge in [0.25, 0.3) is 5.91 Å². The summed E-state index contributed by atoms with van der Waals surface area (Å²) in [5.74, 6) is -1.17. The van der Waals surface area contributed by atoms with Crippen LogP contribution in [0.5, 0.6) is 5.75 Å². The minimum atomic E-state index is -3.41. The molecular formula is C32H33Cl2F2N3O4S2. The van der Waals surface area contributed by atoms with Crippen molar-refractivity contribution in [1.29, 1.82) is 0 Å². The second-order valence-electron chi connectivity index (χ2n) is 11.2. The van der Waals surface area contributed by atoms with E-state index in [2.05, 4.69) is 0 Å². The molecule has 1 aliphatic carbocycles. The van der Waals surface area contributed by atoms with Crippen molar-refractivity contribution in [3.63, 3.8) is 0 Å². The Bertz CT molecular complexity index is 1830. The van der Waals surface area contributed by atoms with E-state index in [1.165, 1.54) is 11.4 Å². The van der Waals surface area contributed by atoms with Gasteiger partial charge in [-0.2, -0.15) is 0 Å². The van der Waals surface area contributed by atoms with Crippen LogP contribution in [0.15, 0.2) is 54.6 Å². The zero-order valence-corrected chi connectivity index (χ0v) is 28.3. The van der Waals surface area contributed by atoms with Crippen molar-refractivity contribution in [2.24, 2.45) is 0 Å². The van der Waals surface area contributed by atoms with Gasteiger partial charge in [0.1, 0.15) is 22.3 Å². The Morgan fingerprint density at radius 1 is 0.956 bits per heavy atom. The normalized spacial score (nSPS) is 17.1. The molecule has 1 amide bonds. The third-order valence-electron chi connectivity index (χ3n) is 8.43. The highest BCUT2D eigenvalue weighted by Crippen LogP contribution is 2.41. The quantitative estimate of drug-likeness (QED) is 0.166. The van der Waals surface area contributed by atoms with Crippen molar-refractivity contribution < 1.29 is 26.7 Å². The molecule has 1 saturated carbocycles. The molecule has 0 bridgehead atoms. The Balaban J connectivity index is 1.53. The highest BCUT2D eigenvalue weighted by Gasteiger charge is 2.34. The first-order chi connectivity index (χ1) is 21.3. The average molecular weight is 697 g/mol. The lowest BCUT2D eigenvalue weighted by Crippen LogP contribution is -2.44. The van der Waals surface area contributed by atoms with Crippen molar-refractivity contribution in [1.82, 2.24) is 9.32 Å². The highest BCUT2D eigenvalue weighted by molar-refractivity contribution is 7.92. The number of carbonyl (C=O) groups is 1. The number of hydrogen-bond donors (Lipinski definition) is 0. The standard InChI is InChI=1S/C32H33Cl2F2N3O4S2/c1-37(34)22-10-12-24(13-11-22)39(32(40)31-29(33)28-25(35)14-15-26(36)30(28)44-31)18-21-17-20(7-16-27(21)43-3)19-5-8-23(9-6-19)38(2)45(4,41)42/h5-9,14-17,22,24H,10-13,18H2,1-4H3. The molecule has 240 valence electrons. The van der Waals surface area contributed by atoms with E-state index in [4.69, 9.17) is 28.1 Å². The Morgan fingerprint density at radius 2 is 1.56 bits per heavy atom. The van der Waals surface area contributed by atoms with E-state index in [9.17, 15) is 22.0 Å². The zero-order valence-electron chi connectivity index (χ0n) is 25.2. The van der Waals surface area contributed by atoms with Crippen molar-refractivity contribution in [2.45, 2.75) is 44.3 Å². The van der Waals surface area contributed by atoms with Crippen molar-refractivity contribution in [3.8, 4) is 16.9 Å². The van der Waals surface area contributed by atoms with Crippen LogP contribution < -0.4 is 9.04 Å². The molecule has 3 aromatic carbocycles. The molecule has 0 atom stereocenters. The second-order valence-corrected chi connectivity index (χ2v) is 15.1. The third kappa shape index (κ3) is 6.92. The zero-order chi connectivity index (χ0) is 32.6. The van der Waals surface area contributed by atoms with Crippen LogP contribution in [0, 0.1) is 11.6 Å². The van der Waals surface area contributed by atoms with Crippen LogP contribution in [0.4, 0.5) is 14.5 Å². The molecule has 1 aromatic heterocycles. The number of nitrogens with zero attached hydrogens (tertiary/aromatic N) is 3. The topological polar surface area (TPSA) is 70.2 Å². The summed E-state index contributed by atoms with van der Waals surface area (Å²) >= 11 is 13.7. The monoisotopic (exact) mass is 695 g/mol. The first-order valence-electron chi connectivity index (χ1n) is 14.3. The molecule has 1 fully saturated rings. The maximum absolute atomic E-state index is 14.7. The first kappa shape index (κ1) is 33.4. The number of sulfonamides is 1. The molecule has 0 unspecified atom stereocenters. The van der Waals surface area contributed by atoms with Gasteiger partial charge in [0.2, 0.25) is 10.0 Å². The van der Waals surface area contributed by atoms with E-state index in [0.717, 1.165) is 59.3 Å². The third-order valence-corrected chi connectivity index (χ3v) is 11.6. The molecule has 0 radical (unpaired) electrons. The SMILES string of the molecule is COc1ccc(-c2ccc(N(C)S(C)(=O)=O)cc2)cc1CN(C(=O)c1sc2c(F)ccc(F)c2c1Cl)C1CCC(N(C)Cl)CC1. The van der Waals surface area contributed by atoms with E-state index < -0.39 is 27.6 Å². The largest absolute Gasteiger partial charge is 0.496 e. The van der Waals surface area contributed by atoms with Gasteiger partial charge in [0.05, 0.1) is 34.2 Å². The molecule has 0 N–H and O–H groups in total. The van der Waals surface area contributed by atoms with Crippen molar-refractivity contribution in [3.05, 3.63) is 81.7 Å². The van der Waals surface area contributed by atoms with Crippen LogP contribution in [0.2, 0.25) is 5.02 Å². The summed E-state index contributed by atoms with van der Waals surface area (Å²) in [6.07, 6.45) is 4.03. The average Bonchev–Trinajstić information content (AvgIpc) is 3.38. The van der Waals surface area contributed by atoms with Gasteiger partial charge in [-0.1, -0.05) is 29.8 Å². The maximum atomic E-state index is 14.7. The summed E-state index contributed by atoms with van der Waals surface area (Å²) in [6.45, 7) is 0.159. The number of thiophene rings is 1. The predicted molar refractivity (Wildman–Crippen MR) is 178 cm³/mol. The summed E-state index contributed by atoms with van der Waals surface area (Å²) in [4.78, 5) is 16.1. The van der Waals surface area contributed by atoms with Crippen LogP contribution in [0.3, 0.4) is 0 Å². The molecule has 4 aromatic rings. The Morgan fingerprint density at radius 3 is 2.13 bits per heavy atom. The number of ether oxygens (including phenoxy) is 1. The summed E-state index contributed by atoms with van der Waals surface area (Å²) in [6, 6.07) is 14.8. The van der Waals surface area contributed by atoms with Gasteiger partial charge in [0.15, 0.2) is 0 Å². The fraction of sp³-hybridized carbons (Fsp3) is 0.344. The minimum absolute atomic E-state index is 0.000292. The number of hydrogen-bond acceptors (Lipinski definition) is 6. The minimum Gasteiger partial charge on any atom is -0.496 e. The maximum Gasteiger partial charge on any atom is 0.266 e.